The zero-order chi connectivity index (χ0) is 13.1. The molecule has 3 aromatic rings. The molecule has 0 aliphatic carbocycles. The van der Waals surface area contributed by atoms with Gasteiger partial charge in [0, 0.05) is 10.3 Å². The quantitative estimate of drug-likeness (QED) is 0.536. The first-order valence-corrected chi connectivity index (χ1v) is 6.74. The van der Waals surface area contributed by atoms with Crippen LogP contribution in [0.4, 0.5) is 0 Å². The van der Waals surface area contributed by atoms with Crippen molar-refractivity contribution in [3.8, 4) is 5.40 Å². The molecule has 0 saturated carbocycles. The van der Waals surface area contributed by atoms with Crippen molar-refractivity contribution in [2.24, 2.45) is 0 Å². The molecular formula is C15H11N3S. The van der Waals surface area contributed by atoms with Crippen molar-refractivity contribution < 1.29 is 0 Å². The molecule has 19 heavy (non-hydrogen) atoms. The number of hydrogen-bond donors (Lipinski definition) is 0. The number of fused-ring (bicyclic) bond motifs is 1. The van der Waals surface area contributed by atoms with Gasteiger partial charge in [-0.2, -0.15) is 10.4 Å². The smallest absolute Gasteiger partial charge is 0.138 e. The molecule has 0 unspecified atom stereocenters. The van der Waals surface area contributed by atoms with E-state index in [0.29, 0.717) is 0 Å². The first kappa shape index (κ1) is 11.8. The van der Waals surface area contributed by atoms with Crippen LogP contribution in [0.15, 0.2) is 59.6 Å². The van der Waals surface area contributed by atoms with Crippen LogP contribution in [-0.2, 0) is 6.54 Å². The van der Waals surface area contributed by atoms with E-state index in [9.17, 15) is 0 Å². The molecule has 1 heterocycles. The average molecular weight is 265 g/mol. The summed E-state index contributed by atoms with van der Waals surface area (Å²) in [7, 11) is 0. The lowest BCUT2D eigenvalue weighted by atomic mass is 10.2. The molecule has 3 rings (SSSR count). The van der Waals surface area contributed by atoms with Gasteiger partial charge in [0.2, 0.25) is 0 Å². The molecular weight excluding hydrogens is 254 g/mol. The van der Waals surface area contributed by atoms with Crippen molar-refractivity contribution in [2.75, 3.05) is 0 Å². The molecule has 1 aromatic heterocycles. The molecule has 0 N–H and O–H groups in total. The van der Waals surface area contributed by atoms with Crippen LogP contribution in [0, 0.1) is 10.7 Å². The van der Waals surface area contributed by atoms with Crippen molar-refractivity contribution in [2.45, 2.75) is 11.4 Å². The topological polar surface area (TPSA) is 41.6 Å². The average Bonchev–Trinajstić information content (AvgIpc) is 2.83. The van der Waals surface area contributed by atoms with Crippen molar-refractivity contribution in [3.05, 3.63) is 60.3 Å². The fraction of sp³-hybridized carbons (Fsp3) is 0.0667. The van der Waals surface area contributed by atoms with Crippen LogP contribution >= 0.6 is 11.8 Å². The molecule has 4 heteroatoms. The molecule has 0 fully saturated rings. The van der Waals surface area contributed by atoms with Gasteiger partial charge in [0.25, 0.3) is 0 Å². The zero-order valence-corrected chi connectivity index (χ0v) is 11.0. The SMILES string of the molecule is N#CSc1ccc2cnn(Cc3ccccc3)c2c1. The Morgan fingerprint density at radius 2 is 2.00 bits per heavy atom. The predicted octanol–water partition coefficient (Wildman–Crippen LogP) is 3.66. The van der Waals surface area contributed by atoms with Crippen LogP contribution in [0.5, 0.6) is 0 Å². The Hall–Kier alpha value is -2.25. The third-order valence-electron chi connectivity index (χ3n) is 2.95. The fourth-order valence-electron chi connectivity index (χ4n) is 2.05. The fourth-order valence-corrected chi connectivity index (χ4v) is 2.46. The van der Waals surface area contributed by atoms with E-state index < -0.39 is 0 Å². The molecule has 0 aliphatic rings. The summed E-state index contributed by atoms with van der Waals surface area (Å²) in [5, 5.41) is 16.3. The Morgan fingerprint density at radius 3 is 2.79 bits per heavy atom. The molecule has 0 saturated heterocycles. The van der Waals surface area contributed by atoms with Gasteiger partial charge in [0.1, 0.15) is 5.40 Å². The standard InChI is InChI=1S/C15H11N3S/c16-11-19-14-7-6-13-9-17-18(15(13)8-14)10-12-4-2-1-3-5-12/h1-9H,10H2. The van der Waals surface area contributed by atoms with Gasteiger partial charge in [-0.15, -0.1) is 0 Å². The van der Waals surface area contributed by atoms with Gasteiger partial charge in [-0.3, -0.25) is 4.68 Å². The highest BCUT2D eigenvalue weighted by Gasteiger charge is 2.05. The van der Waals surface area contributed by atoms with E-state index in [4.69, 9.17) is 5.26 Å². The van der Waals surface area contributed by atoms with Crippen molar-refractivity contribution in [3.63, 3.8) is 0 Å². The van der Waals surface area contributed by atoms with E-state index in [1.54, 1.807) is 0 Å². The van der Waals surface area contributed by atoms with Crippen LogP contribution in [0.3, 0.4) is 0 Å². The summed E-state index contributed by atoms with van der Waals surface area (Å²) in [6, 6.07) is 16.2. The van der Waals surface area contributed by atoms with Crippen LogP contribution in [0.2, 0.25) is 0 Å². The second-order valence-corrected chi connectivity index (χ2v) is 5.06. The Bertz CT molecular complexity index is 741. The zero-order valence-electron chi connectivity index (χ0n) is 10.2. The van der Waals surface area contributed by atoms with Crippen molar-refractivity contribution in [1.29, 1.82) is 5.26 Å². The Kier molecular flexibility index (Phi) is 3.21. The molecule has 2 aromatic carbocycles. The highest BCUT2D eigenvalue weighted by Crippen LogP contribution is 2.23. The second-order valence-electron chi connectivity index (χ2n) is 4.20. The first-order chi connectivity index (χ1) is 9.36. The van der Waals surface area contributed by atoms with Gasteiger partial charge in [0.05, 0.1) is 18.3 Å². The monoisotopic (exact) mass is 265 g/mol. The summed E-state index contributed by atoms with van der Waals surface area (Å²) >= 11 is 1.17. The summed E-state index contributed by atoms with van der Waals surface area (Å²) in [6.07, 6.45) is 1.86. The lowest BCUT2D eigenvalue weighted by Crippen LogP contribution is -2.00. The summed E-state index contributed by atoms with van der Waals surface area (Å²) in [5.41, 5.74) is 2.27. The van der Waals surface area contributed by atoms with Crippen LogP contribution in [0.1, 0.15) is 5.56 Å². The van der Waals surface area contributed by atoms with Gasteiger partial charge in [-0.1, -0.05) is 36.4 Å². The third-order valence-corrected chi connectivity index (χ3v) is 3.54. The lowest BCUT2D eigenvalue weighted by molar-refractivity contribution is 0.711. The Labute approximate surface area is 115 Å². The van der Waals surface area contributed by atoms with E-state index in [1.165, 1.54) is 17.3 Å². The minimum absolute atomic E-state index is 0.741. The number of thioether (sulfide) groups is 1. The molecule has 0 atom stereocenters. The van der Waals surface area contributed by atoms with E-state index in [-0.39, 0.29) is 0 Å². The minimum atomic E-state index is 0.741. The van der Waals surface area contributed by atoms with Gasteiger partial charge in [0.15, 0.2) is 0 Å². The molecule has 0 spiro atoms. The largest absolute Gasteiger partial charge is 0.260 e. The summed E-state index contributed by atoms with van der Waals surface area (Å²) in [5.74, 6) is 0. The van der Waals surface area contributed by atoms with Crippen LogP contribution in [-0.4, -0.2) is 9.78 Å². The van der Waals surface area contributed by atoms with Gasteiger partial charge >= 0.3 is 0 Å². The summed E-state index contributed by atoms with van der Waals surface area (Å²) in [4.78, 5) is 0.949. The second kappa shape index (κ2) is 5.17. The van der Waals surface area contributed by atoms with Gasteiger partial charge in [-0.05, 0) is 29.5 Å². The van der Waals surface area contributed by atoms with E-state index in [1.807, 2.05) is 47.3 Å². The number of hydrogen-bond acceptors (Lipinski definition) is 3. The normalized spacial score (nSPS) is 10.5. The van der Waals surface area contributed by atoms with Crippen LogP contribution in [0.25, 0.3) is 10.9 Å². The predicted molar refractivity (Wildman–Crippen MR) is 76.7 cm³/mol. The number of nitriles is 1. The number of thiocyanates is 1. The Morgan fingerprint density at radius 1 is 1.16 bits per heavy atom. The maximum atomic E-state index is 8.74. The molecule has 0 amide bonds. The van der Waals surface area contributed by atoms with Gasteiger partial charge < -0.3 is 0 Å². The molecule has 3 nitrogen and oxygen atoms in total. The molecule has 0 bridgehead atoms. The molecule has 0 radical (unpaired) electrons. The van der Waals surface area contributed by atoms with Gasteiger partial charge in [-0.25, -0.2) is 0 Å². The number of benzene rings is 2. The molecule has 92 valence electrons. The highest BCUT2D eigenvalue weighted by molar-refractivity contribution is 8.03. The number of aromatic nitrogens is 2. The van der Waals surface area contributed by atoms with E-state index >= 15 is 0 Å². The van der Waals surface area contributed by atoms with E-state index in [2.05, 4.69) is 22.6 Å². The number of rotatable bonds is 3. The van der Waals surface area contributed by atoms with Crippen LogP contribution < -0.4 is 0 Å². The Balaban J connectivity index is 2.00. The molecule has 0 aliphatic heterocycles. The maximum absolute atomic E-state index is 8.74. The summed E-state index contributed by atoms with van der Waals surface area (Å²) < 4.78 is 1.96. The van der Waals surface area contributed by atoms with E-state index in [0.717, 1.165) is 22.3 Å². The highest BCUT2D eigenvalue weighted by atomic mass is 32.2. The maximum Gasteiger partial charge on any atom is 0.138 e. The minimum Gasteiger partial charge on any atom is -0.260 e. The van der Waals surface area contributed by atoms with Crippen molar-refractivity contribution in [1.82, 2.24) is 9.78 Å². The van der Waals surface area contributed by atoms with Crippen molar-refractivity contribution >= 4 is 22.7 Å². The third kappa shape index (κ3) is 2.47. The number of nitrogens with zero attached hydrogens (tertiary/aromatic N) is 3. The summed E-state index contributed by atoms with van der Waals surface area (Å²) in [6.45, 7) is 0.741. The lowest BCUT2D eigenvalue weighted by Gasteiger charge is -2.04. The first-order valence-electron chi connectivity index (χ1n) is 5.92.